The van der Waals surface area contributed by atoms with Crippen LogP contribution in [0.15, 0.2) is 28.8 Å². The maximum Gasteiger partial charge on any atom is 0.258 e. The van der Waals surface area contributed by atoms with E-state index in [4.69, 9.17) is 4.52 Å². The summed E-state index contributed by atoms with van der Waals surface area (Å²) in [5, 5.41) is 15.9. The highest BCUT2D eigenvalue weighted by atomic mass is 16.5. The van der Waals surface area contributed by atoms with Crippen LogP contribution in [-0.2, 0) is 0 Å². The van der Waals surface area contributed by atoms with Crippen molar-refractivity contribution in [1.82, 2.24) is 15.5 Å². The van der Waals surface area contributed by atoms with Gasteiger partial charge in [-0.2, -0.15) is 4.98 Å². The predicted octanol–water partition coefficient (Wildman–Crippen LogP) is 2.82. The van der Waals surface area contributed by atoms with Gasteiger partial charge < -0.3 is 14.9 Å². The van der Waals surface area contributed by atoms with Crippen LogP contribution in [0.4, 0.5) is 0 Å². The molecule has 6 nitrogen and oxygen atoms in total. The number of carbonyl (C=O) groups is 1. The third kappa shape index (κ3) is 4.89. The fourth-order valence-electron chi connectivity index (χ4n) is 2.76. The highest BCUT2D eigenvalue weighted by Gasteiger charge is 2.18. The van der Waals surface area contributed by atoms with Gasteiger partial charge in [0.15, 0.2) is 5.82 Å². The number of rotatable bonds is 8. The van der Waals surface area contributed by atoms with E-state index in [9.17, 15) is 9.90 Å². The van der Waals surface area contributed by atoms with Gasteiger partial charge in [0.25, 0.3) is 11.8 Å². The number of aliphatic hydroxyl groups excluding tert-OH is 1. The molecule has 0 saturated carbocycles. The van der Waals surface area contributed by atoms with Crippen LogP contribution in [0.2, 0.25) is 0 Å². The number of hydrogen-bond donors (Lipinski definition) is 2. The van der Waals surface area contributed by atoms with Crippen molar-refractivity contribution in [2.75, 3.05) is 13.2 Å². The number of amides is 1. The Hall–Kier alpha value is -2.21. The molecule has 1 aromatic carbocycles. The van der Waals surface area contributed by atoms with Crippen LogP contribution < -0.4 is 5.32 Å². The molecule has 0 fully saturated rings. The lowest BCUT2D eigenvalue weighted by atomic mass is 9.94. The highest BCUT2D eigenvalue weighted by Crippen LogP contribution is 2.22. The zero-order valence-electron chi connectivity index (χ0n) is 14.5. The lowest BCUT2D eigenvalue weighted by Crippen LogP contribution is -2.30. The molecule has 0 aliphatic heterocycles. The number of nitrogens with one attached hydrogen (secondary N) is 1. The molecule has 24 heavy (non-hydrogen) atoms. The average molecular weight is 331 g/mol. The number of aromatic nitrogens is 2. The van der Waals surface area contributed by atoms with Crippen molar-refractivity contribution < 1.29 is 14.4 Å². The van der Waals surface area contributed by atoms with Gasteiger partial charge in [-0.25, -0.2) is 0 Å². The van der Waals surface area contributed by atoms with E-state index in [2.05, 4.69) is 29.3 Å². The molecule has 0 radical (unpaired) electrons. The second kappa shape index (κ2) is 8.59. The van der Waals surface area contributed by atoms with Gasteiger partial charge in [-0.3, -0.25) is 4.79 Å². The van der Waals surface area contributed by atoms with Crippen LogP contribution in [-0.4, -0.2) is 34.3 Å². The summed E-state index contributed by atoms with van der Waals surface area (Å²) in [7, 11) is 0. The van der Waals surface area contributed by atoms with Crippen LogP contribution >= 0.6 is 0 Å². The van der Waals surface area contributed by atoms with E-state index < -0.39 is 0 Å². The standard InChI is InChI=1S/C18H25N3O3/c1-12(2)10-14(8-9-22)11-19-17(23)15-6-4-5-7-16(15)18-20-13(3)21-24-18/h4-7,12,14,22H,8-11H2,1-3H3,(H,19,23). The molecule has 0 aliphatic rings. The molecule has 0 bridgehead atoms. The summed E-state index contributed by atoms with van der Waals surface area (Å²) in [5.41, 5.74) is 1.13. The lowest BCUT2D eigenvalue weighted by molar-refractivity contribution is 0.0941. The number of aryl methyl sites for hydroxylation is 1. The number of hydrogen-bond acceptors (Lipinski definition) is 5. The van der Waals surface area contributed by atoms with Crippen molar-refractivity contribution in [3.8, 4) is 11.5 Å². The van der Waals surface area contributed by atoms with Gasteiger partial charge in [0, 0.05) is 13.2 Å². The topological polar surface area (TPSA) is 88.2 Å². The lowest BCUT2D eigenvalue weighted by Gasteiger charge is -2.19. The van der Waals surface area contributed by atoms with Crippen LogP contribution in [0, 0.1) is 18.8 Å². The summed E-state index contributed by atoms with van der Waals surface area (Å²) in [6, 6.07) is 7.18. The molecule has 2 N–H and O–H groups in total. The van der Waals surface area contributed by atoms with Crippen molar-refractivity contribution in [1.29, 1.82) is 0 Å². The fourth-order valence-corrected chi connectivity index (χ4v) is 2.76. The molecule has 1 atom stereocenters. The second-order valence-electron chi connectivity index (χ2n) is 6.41. The number of nitrogens with zero attached hydrogens (tertiary/aromatic N) is 2. The Balaban J connectivity index is 2.10. The van der Waals surface area contributed by atoms with E-state index >= 15 is 0 Å². The van der Waals surface area contributed by atoms with Crippen molar-refractivity contribution in [2.24, 2.45) is 11.8 Å². The van der Waals surface area contributed by atoms with Gasteiger partial charge in [0.05, 0.1) is 11.1 Å². The Morgan fingerprint density at radius 1 is 1.33 bits per heavy atom. The molecule has 130 valence electrons. The van der Waals surface area contributed by atoms with E-state index in [0.29, 0.717) is 41.7 Å². The number of aliphatic hydroxyl groups is 1. The summed E-state index contributed by atoms with van der Waals surface area (Å²) in [6.07, 6.45) is 1.65. The summed E-state index contributed by atoms with van der Waals surface area (Å²) in [6.45, 7) is 6.68. The second-order valence-corrected chi connectivity index (χ2v) is 6.41. The molecule has 0 aliphatic carbocycles. The molecule has 2 aromatic rings. The number of benzene rings is 1. The fraction of sp³-hybridized carbons (Fsp3) is 0.500. The van der Waals surface area contributed by atoms with Crippen molar-refractivity contribution in [2.45, 2.75) is 33.6 Å². The summed E-state index contributed by atoms with van der Waals surface area (Å²) >= 11 is 0. The molecular weight excluding hydrogens is 306 g/mol. The molecule has 1 amide bonds. The van der Waals surface area contributed by atoms with E-state index in [1.807, 2.05) is 6.07 Å². The zero-order valence-corrected chi connectivity index (χ0v) is 14.5. The van der Waals surface area contributed by atoms with Gasteiger partial charge in [-0.15, -0.1) is 0 Å². The Kier molecular flexibility index (Phi) is 6.49. The van der Waals surface area contributed by atoms with Crippen molar-refractivity contribution in [3.05, 3.63) is 35.7 Å². The molecule has 0 spiro atoms. The summed E-state index contributed by atoms with van der Waals surface area (Å²) in [4.78, 5) is 16.8. The van der Waals surface area contributed by atoms with Gasteiger partial charge >= 0.3 is 0 Å². The Bertz CT molecular complexity index is 667. The number of carbonyl (C=O) groups excluding carboxylic acids is 1. The predicted molar refractivity (Wildman–Crippen MR) is 91.5 cm³/mol. The van der Waals surface area contributed by atoms with E-state index in [0.717, 1.165) is 6.42 Å². The normalized spacial score (nSPS) is 12.4. The van der Waals surface area contributed by atoms with Gasteiger partial charge in [0.1, 0.15) is 0 Å². The molecule has 1 aromatic heterocycles. The van der Waals surface area contributed by atoms with Gasteiger partial charge in [-0.1, -0.05) is 31.1 Å². The Morgan fingerprint density at radius 2 is 2.08 bits per heavy atom. The van der Waals surface area contributed by atoms with Crippen molar-refractivity contribution >= 4 is 5.91 Å². The quantitative estimate of drug-likeness (QED) is 0.776. The molecule has 6 heteroatoms. The highest BCUT2D eigenvalue weighted by molar-refractivity contribution is 5.99. The smallest absolute Gasteiger partial charge is 0.258 e. The van der Waals surface area contributed by atoms with Crippen LogP contribution in [0.1, 0.15) is 42.9 Å². The minimum absolute atomic E-state index is 0.130. The monoisotopic (exact) mass is 331 g/mol. The molecule has 0 saturated heterocycles. The molecular formula is C18H25N3O3. The largest absolute Gasteiger partial charge is 0.396 e. The zero-order chi connectivity index (χ0) is 17.5. The van der Waals surface area contributed by atoms with Crippen LogP contribution in [0.3, 0.4) is 0 Å². The van der Waals surface area contributed by atoms with Crippen molar-refractivity contribution in [3.63, 3.8) is 0 Å². The maximum absolute atomic E-state index is 12.6. The van der Waals surface area contributed by atoms with E-state index in [1.54, 1.807) is 25.1 Å². The van der Waals surface area contributed by atoms with Gasteiger partial charge in [-0.05, 0) is 43.7 Å². The Morgan fingerprint density at radius 3 is 2.71 bits per heavy atom. The first-order valence-electron chi connectivity index (χ1n) is 8.30. The summed E-state index contributed by atoms with van der Waals surface area (Å²) < 4.78 is 5.18. The minimum Gasteiger partial charge on any atom is -0.396 e. The Labute approximate surface area is 142 Å². The molecule has 1 heterocycles. The molecule has 1 unspecified atom stereocenters. The van der Waals surface area contributed by atoms with Crippen LogP contribution in [0.25, 0.3) is 11.5 Å². The first-order valence-corrected chi connectivity index (χ1v) is 8.30. The van der Waals surface area contributed by atoms with E-state index in [-0.39, 0.29) is 18.4 Å². The molecule has 2 rings (SSSR count). The maximum atomic E-state index is 12.6. The summed E-state index contributed by atoms with van der Waals surface area (Å²) in [5.74, 6) is 1.48. The SMILES string of the molecule is Cc1noc(-c2ccccc2C(=O)NCC(CCO)CC(C)C)n1. The first kappa shape index (κ1) is 18.1. The minimum atomic E-state index is -0.173. The third-order valence-electron chi connectivity index (χ3n) is 3.82. The first-order chi connectivity index (χ1) is 11.5. The third-order valence-corrected chi connectivity index (χ3v) is 3.82. The van der Waals surface area contributed by atoms with E-state index in [1.165, 1.54) is 0 Å². The average Bonchev–Trinajstić information content (AvgIpc) is 2.98. The van der Waals surface area contributed by atoms with Crippen LogP contribution in [0.5, 0.6) is 0 Å². The van der Waals surface area contributed by atoms with Gasteiger partial charge in [0.2, 0.25) is 0 Å².